The Bertz CT molecular complexity index is 816. The molecule has 4 fully saturated rings. The molecule has 1 aromatic rings. The Morgan fingerprint density at radius 1 is 0.861 bits per heavy atom. The van der Waals surface area contributed by atoms with Gasteiger partial charge >= 0.3 is 5.97 Å². The first-order valence-corrected chi connectivity index (χ1v) is 15.1. The van der Waals surface area contributed by atoms with E-state index in [2.05, 4.69) is 15.3 Å². The Morgan fingerprint density at radius 2 is 1.42 bits per heavy atom. The van der Waals surface area contributed by atoms with Crippen molar-refractivity contribution in [3.63, 3.8) is 0 Å². The van der Waals surface area contributed by atoms with Crippen LogP contribution in [0.15, 0.2) is 12.5 Å². The van der Waals surface area contributed by atoms with Crippen molar-refractivity contribution in [2.75, 3.05) is 0 Å². The molecule has 0 spiro atoms. The summed E-state index contributed by atoms with van der Waals surface area (Å²) in [6, 6.07) is -0.914. The second kappa shape index (κ2) is 12.1. The number of carboxylic acid groups (broad SMARTS) is 1. The van der Waals surface area contributed by atoms with Crippen LogP contribution in [-0.2, 0) is 16.0 Å². The van der Waals surface area contributed by atoms with Gasteiger partial charge in [-0.3, -0.25) is 4.79 Å². The first-order valence-electron chi connectivity index (χ1n) is 15.1. The number of carbonyl (C=O) groups excluding carboxylic acids is 1. The number of nitrogens with zero attached hydrogens (tertiary/aromatic N) is 1. The fourth-order valence-electron chi connectivity index (χ4n) is 8.88. The summed E-state index contributed by atoms with van der Waals surface area (Å²) in [5.41, 5.74) is 0.744. The van der Waals surface area contributed by atoms with Gasteiger partial charge in [-0.15, -0.1) is 0 Å². The standard InChI is InChI=1S/C30H47N3O3/c34-29(33-28(30(35)36)17-25-18-31-19-32-25)24(15-22-11-5-9-20-7-1-3-13-26(20)22)16-23-12-6-10-21-8-2-4-14-27(21)23/h18-24,26-28H,1-17H2,(H,31,32)(H,33,34)(H,35,36). The van der Waals surface area contributed by atoms with E-state index in [0.29, 0.717) is 11.8 Å². The van der Waals surface area contributed by atoms with Crippen LogP contribution in [0.4, 0.5) is 0 Å². The van der Waals surface area contributed by atoms with Crippen LogP contribution in [0.2, 0.25) is 0 Å². The van der Waals surface area contributed by atoms with Crippen molar-refractivity contribution in [3.05, 3.63) is 18.2 Å². The number of carbonyl (C=O) groups is 2. The molecule has 6 nitrogen and oxygen atoms in total. The Labute approximate surface area is 216 Å². The van der Waals surface area contributed by atoms with E-state index in [4.69, 9.17) is 0 Å². The van der Waals surface area contributed by atoms with Crippen LogP contribution in [-0.4, -0.2) is 33.0 Å². The van der Waals surface area contributed by atoms with E-state index in [9.17, 15) is 14.7 Å². The van der Waals surface area contributed by atoms with E-state index in [1.165, 1.54) is 89.9 Å². The smallest absolute Gasteiger partial charge is 0.326 e. The third-order valence-corrected chi connectivity index (χ3v) is 10.6. The first-order chi connectivity index (χ1) is 17.6. The topological polar surface area (TPSA) is 95.1 Å². The van der Waals surface area contributed by atoms with Crippen LogP contribution in [0.5, 0.6) is 0 Å². The molecule has 3 N–H and O–H groups in total. The van der Waals surface area contributed by atoms with Gasteiger partial charge in [-0.25, -0.2) is 9.78 Å². The monoisotopic (exact) mass is 497 g/mol. The number of nitrogens with one attached hydrogen (secondary N) is 2. The summed E-state index contributed by atoms with van der Waals surface area (Å²) in [4.78, 5) is 33.0. The van der Waals surface area contributed by atoms with E-state index in [-0.39, 0.29) is 18.2 Å². The number of aliphatic carboxylic acids is 1. The normalized spacial score (nSPS) is 34.1. The van der Waals surface area contributed by atoms with Crippen molar-refractivity contribution < 1.29 is 14.7 Å². The molecule has 0 radical (unpaired) electrons. The average Bonchev–Trinajstić information content (AvgIpc) is 3.41. The zero-order valence-electron chi connectivity index (χ0n) is 22.0. The number of fused-ring (bicyclic) bond motifs is 2. The van der Waals surface area contributed by atoms with Gasteiger partial charge in [0.05, 0.1) is 6.33 Å². The summed E-state index contributed by atoms with van der Waals surface area (Å²) in [6.45, 7) is 0. The molecule has 1 aromatic heterocycles. The van der Waals surface area contributed by atoms with Gasteiger partial charge in [0.15, 0.2) is 0 Å². The van der Waals surface area contributed by atoms with Gasteiger partial charge in [0, 0.05) is 24.2 Å². The maximum atomic E-state index is 13.9. The predicted octanol–water partition coefficient (Wildman–Crippen LogP) is 6.13. The van der Waals surface area contributed by atoms with Gasteiger partial charge in [-0.2, -0.15) is 0 Å². The maximum Gasteiger partial charge on any atom is 0.326 e. The highest BCUT2D eigenvalue weighted by Crippen LogP contribution is 2.49. The van der Waals surface area contributed by atoms with Crippen molar-refractivity contribution in [1.29, 1.82) is 0 Å². The highest BCUT2D eigenvalue weighted by Gasteiger charge is 2.41. The number of aromatic amines is 1. The molecule has 7 atom stereocenters. The van der Waals surface area contributed by atoms with E-state index in [0.717, 1.165) is 42.2 Å². The molecule has 200 valence electrons. The number of hydrogen-bond donors (Lipinski definition) is 3. The number of rotatable bonds is 9. The lowest BCUT2D eigenvalue weighted by atomic mass is 9.61. The fraction of sp³-hybridized carbons (Fsp3) is 0.833. The summed E-state index contributed by atoms with van der Waals surface area (Å²) in [5, 5.41) is 12.9. The molecule has 1 amide bonds. The lowest BCUT2D eigenvalue weighted by molar-refractivity contribution is -0.142. The van der Waals surface area contributed by atoms with E-state index < -0.39 is 12.0 Å². The molecule has 1 heterocycles. The molecular formula is C30H47N3O3. The number of aromatic nitrogens is 2. The highest BCUT2D eigenvalue weighted by molar-refractivity contribution is 5.85. The molecule has 0 aliphatic heterocycles. The highest BCUT2D eigenvalue weighted by atomic mass is 16.4. The summed E-state index contributed by atoms with van der Waals surface area (Å²) in [7, 11) is 0. The Kier molecular flexibility index (Phi) is 8.69. The molecule has 7 unspecified atom stereocenters. The minimum Gasteiger partial charge on any atom is -0.480 e. The molecule has 0 aromatic carbocycles. The second-order valence-electron chi connectivity index (χ2n) is 12.6. The van der Waals surface area contributed by atoms with E-state index >= 15 is 0 Å². The van der Waals surface area contributed by atoms with E-state index in [1.807, 2.05) is 0 Å². The molecule has 5 rings (SSSR count). The molecule has 36 heavy (non-hydrogen) atoms. The van der Waals surface area contributed by atoms with Crippen LogP contribution in [0, 0.1) is 41.4 Å². The van der Waals surface area contributed by atoms with Crippen LogP contribution < -0.4 is 5.32 Å². The van der Waals surface area contributed by atoms with Gasteiger partial charge < -0.3 is 15.4 Å². The third kappa shape index (κ3) is 6.16. The Balaban J connectivity index is 1.31. The lowest BCUT2D eigenvalue weighted by Crippen LogP contribution is -2.46. The summed E-state index contributed by atoms with van der Waals surface area (Å²) < 4.78 is 0. The van der Waals surface area contributed by atoms with Crippen molar-refractivity contribution in [2.24, 2.45) is 41.4 Å². The molecule has 6 heteroatoms. The quantitative estimate of drug-likeness (QED) is 0.382. The van der Waals surface area contributed by atoms with Gasteiger partial charge in [-0.05, 0) is 61.2 Å². The molecule has 4 aliphatic rings. The predicted molar refractivity (Wildman–Crippen MR) is 140 cm³/mol. The molecule has 4 aliphatic carbocycles. The third-order valence-electron chi connectivity index (χ3n) is 10.6. The fourth-order valence-corrected chi connectivity index (χ4v) is 8.88. The van der Waals surface area contributed by atoms with Crippen LogP contribution >= 0.6 is 0 Å². The zero-order valence-corrected chi connectivity index (χ0v) is 22.0. The average molecular weight is 498 g/mol. The van der Waals surface area contributed by atoms with E-state index in [1.54, 1.807) is 12.5 Å². The Hall–Kier alpha value is -1.85. The summed E-state index contributed by atoms with van der Waals surface area (Å²) >= 11 is 0. The molecule has 4 saturated carbocycles. The minimum atomic E-state index is -0.966. The maximum absolute atomic E-state index is 13.9. The van der Waals surface area contributed by atoms with Crippen molar-refractivity contribution >= 4 is 11.9 Å². The number of amides is 1. The van der Waals surface area contributed by atoms with Crippen molar-refractivity contribution in [3.8, 4) is 0 Å². The van der Waals surface area contributed by atoms with Crippen molar-refractivity contribution in [1.82, 2.24) is 15.3 Å². The SMILES string of the molecule is O=C(NC(Cc1cnc[nH]1)C(=O)O)C(CC1CCCC2CCCCC21)CC1CCCC2CCCCC21. The number of carboxylic acids is 1. The number of hydrogen-bond acceptors (Lipinski definition) is 3. The van der Waals surface area contributed by atoms with Gasteiger partial charge in [0.25, 0.3) is 0 Å². The van der Waals surface area contributed by atoms with Crippen molar-refractivity contribution in [2.45, 2.75) is 115 Å². The second-order valence-corrected chi connectivity index (χ2v) is 12.6. The summed E-state index contributed by atoms with van der Waals surface area (Å²) in [6.07, 6.45) is 24.0. The van der Waals surface area contributed by atoms with Gasteiger partial charge in [0.2, 0.25) is 5.91 Å². The number of imidazole rings is 1. The van der Waals surface area contributed by atoms with Gasteiger partial charge in [0.1, 0.15) is 6.04 Å². The lowest BCUT2D eigenvalue weighted by Gasteiger charge is -2.45. The molecule has 0 saturated heterocycles. The minimum absolute atomic E-state index is 0.0159. The van der Waals surface area contributed by atoms with Crippen LogP contribution in [0.3, 0.4) is 0 Å². The number of H-pyrrole nitrogens is 1. The Morgan fingerprint density at radius 3 is 1.94 bits per heavy atom. The summed E-state index contributed by atoms with van der Waals surface area (Å²) in [5.74, 6) is 3.46. The van der Waals surface area contributed by atoms with Crippen LogP contribution in [0.25, 0.3) is 0 Å². The van der Waals surface area contributed by atoms with Crippen LogP contribution in [0.1, 0.15) is 108 Å². The largest absolute Gasteiger partial charge is 0.480 e. The zero-order chi connectivity index (χ0) is 24.9. The van der Waals surface area contributed by atoms with Gasteiger partial charge in [-0.1, -0.05) is 77.0 Å². The molecule has 0 bridgehead atoms. The first kappa shape index (κ1) is 25.8. The molecular weight excluding hydrogens is 450 g/mol.